The minimum Gasteiger partial charge on any atom is -0.388 e. The van der Waals surface area contributed by atoms with Crippen LogP contribution in [0.4, 0.5) is 15.8 Å². The number of rotatable bonds is 5. The summed E-state index contributed by atoms with van der Waals surface area (Å²) in [5.41, 5.74) is 5.57. The zero-order valence-electron chi connectivity index (χ0n) is 13.9. The second-order valence-corrected chi connectivity index (χ2v) is 5.73. The van der Waals surface area contributed by atoms with Gasteiger partial charge in [-0.2, -0.15) is 0 Å². The molecule has 3 rings (SSSR count). The molecule has 0 aliphatic rings. The summed E-state index contributed by atoms with van der Waals surface area (Å²) < 4.78 is 13.3. The monoisotopic (exact) mass is 320 g/mol. The average Bonchev–Trinajstić information content (AvgIpc) is 2.64. The molecule has 0 aromatic heterocycles. The van der Waals surface area contributed by atoms with Crippen LogP contribution in [0.25, 0.3) is 0 Å². The Morgan fingerprint density at radius 2 is 0.917 bits per heavy atom. The lowest BCUT2D eigenvalue weighted by Crippen LogP contribution is -2.04. The van der Waals surface area contributed by atoms with Gasteiger partial charge in [-0.1, -0.05) is 36.4 Å². The topological polar surface area (TPSA) is 24.1 Å². The Morgan fingerprint density at radius 1 is 0.583 bits per heavy atom. The first kappa shape index (κ1) is 16.1. The van der Waals surface area contributed by atoms with Crippen LogP contribution in [0.3, 0.4) is 0 Å². The van der Waals surface area contributed by atoms with Crippen LogP contribution in [0.1, 0.15) is 22.6 Å². The summed E-state index contributed by atoms with van der Waals surface area (Å²) in [6, 6.07) is 23.5. The minimum atomic E-state index is -0.214. The normalized spacial score (nSPS) is 10.7. The van der Waals surface area contributed by atoms with Gasteiger partial charge in [-0.25, -0.2) is 4.39 Å². The lowest BCUT2D eigenvalue weighted by atomic mass is 9.85. The Morgan fingerprint density at radius 3 is 1.25 bits per heavy atom. The van der Waals surface area contributed by atoms with Crippen molar-refractivity contribution in [3.05, 3.63) is 95.3 Å². The van der Waals surface area contributed by atoms with E-state index in [1.54, 1.807) is 0 Å². The summed E-state index contributed by atoms with van der Waals surface area (Å²) in [4.78, 5) is 0. The maximum Gasteiger partial charge on any atom is 0.123 e. The molecule has 0 spiro atoms. The minimum absolute atomic E-state index is 0.0717. The average molecular weight is 320 g/mol. The Kier molecular flexibility index (Phi) is 4.80. The van der Waals surface area contributed by atoms with Crippen molar-refractivity contribution in [3.8, 4) is 0 Å². The molecule has 122 valence electrons. The van der Waals surface area contributed by atoms with Crippen LogP contribution in [0.5, 0.6) is 0 Å². The fourth-order valence-electron chi connectivity index (χ4n) is 2.92. The third-order valence-electron chi connectivity index (χ3n) is 4.27. The molecule has 0 aliphatic carbocycles. The van der Waals surface area contributed by atoms with E-state index < -0.39 is 0 Å². The summed E-state index contributed by atoms with van der Waals surface area (Å²) in [5.74, 6) is -0.143. The highest BCUT2D eigenvalue weighted by molar-refractivity contribution is 5.52. The molecule has 0 amide bonds. The molecule has 0 heterocycles. The molecule has 2 nitrogen and oxygen atoms in total. The molecule has 2 N–H and O–H groups in total. The zero-order chi connectivity index (χ0) is 16.9. The van der Waals surface area contributed by atoms with E-state index in [1.807, 2.05) is 26.2 Å². The summed E-state index contributed by atoms with van der Waals surface area (Å²) >= 11 is 0. The van der Waals surface area contributed by atoms with Crippen LogP contribution < -0.4 is 10.6 Å². The Bertz CT molecular complexity index is 730. The van der Waals surface area contributed by atoms with Crippen molar-refractivity contribution in [2.24, 2.45) is 0 Å². The molecule has 0 bridgehead atoms. The highest BCUT2D eigenvalue weighted by Gasteiger charge is 2.17. The molecule has 0 radical (unpaired) electrons. The van der Waals surface area contributed by atoms with Crippen molar-refractivity contribution < 1.29 is 4.39 Å². The van der Waals surface area contributed by atoms with Crippen molar-refractivity contribution in [2.45, 2.75) is 5.92 Å². The van der Waals surface area contributed by atoms with Gasteiger partial charge < -0.3 is 10.6 Å². The standard InChI is InChI=1S/C21H21FN2/c1-23-19-11-5-16(6-12-19)21(15-3-9-18(22)10-4-15)17-7-13-20(24-2)14-8-17/h3-14,21,23-24H,1-2H3. The zero-order valence-corrected chi connectivity index (χ0v) is 13.9. The van der Waals surface area contributed by atoms with E-state index in [9.17, 15) is 4.39 Å². The van der Waals surface area contributed by atoms with Crippen LogP contribution in [-0.4, -0.2) is 14.1 Å². The van der Waals surface area contributed by atoms with Gasteiger partial charge in [0, 0.05) is 31.4 Å². The number of halogens is 1. The van der Waals surface area contributed by atoms with Gasteiger partial charge >= 0.3 is 0 Å². The second-order valence-electron chi connectivity index (χ2n) is 5.73. The van der Waals surface area contributed by atoms with Gasteiger partial charge in [-0.05, 0) is 53.1 Å². The van der Waals surface area contributed by atoms with Crippen molar-refractivity contribution in [1.82, 2.24) is 0 Å². The molecule has 0 aliphatic heterocycles. The first-order valence-corrected chi connectivity index (χ1v) is 8.02. The van der Waals surface area contributed by atoms with E-state index in [0.717, 1.165) is 16.9 Å². The molecule has 0 saturated heterocycles. The first-order chi connectivity index (χ1) is 11.7. The van der Waals surface area contributed by atoms with Gasteiger partial charge in [-0.3, -0.25) is 0 Å². The lowest BCUT2D eigenvalue weighted by Gasteiger charge is -2.20. The molecular formula is C21H21FN2. The predicted octanol–water partition coefficient (Wildman–Crippen LogP) is 5.09. The van der Waals surface area contributed by atoms with E-state index in [-0.39, 0.29) is 11.7 Å². The SMILES string of the molecule is CNc1ccc(C(c2ccc(F)cc2)c2ccc(NC)cc2)cc1. The van der Waals surface area contributed by atoms with Crippen LogP contribution in [0, 0.1) is 5.82 Å². The van der Waals surface area contributed by atoms with E-state index in [2.05, 4.69) is 59.2 Å². The van der Waals surface area contributed by atoms with Gasteiger partial charge in [0.15, 0.2) is 0 Å². The molecule has 24 heavy (non-hydrogen) atoms. The van der Waals surface area contributed by atoms with Crippen molar-refractivity contribution in [2.75, 3.05) is 24.7 Å². The Hall–Kier alpha value is -2.81. The second kappa shape index (κ2) is 7.18. The van der Waals surface area contributed by atoms with Crippen molar-refractivity contribution in [3.63, 3.8) is 0 Å². The fourth-order valence-corrected chi connectivity index (χ4v) is 2.92. The van der Waals surface area contributed by atoms with E-state index >= 15 is 0 Å². The molecular weight excluding hydrogens is 299 g/mol. The van der Waals surface area contributed by atoms with Crippen molar-refractivity contribution in [1.29, 1.82) is 0 Å². The van der Waals surface area contributed by atoms with Crippen LogP contribution in [0.15, 0.2) is 72.8 Å². The maximum atomic E-state index is 13.3. The van der Waals surface area contributed by atoms with Crippen molar-refractivity contribution >= 4 is 11.4 Å². The summed E-state index contributed by atoms with van der Waals surface area (Å²) in [6.45, 7) is 0. The number of anilines is 2. The van der Waals surface area contributed by atoms with E-state index in [0.29, 0.717) is 0 Å². The summed E-state index contributed by atoms with van der Waals surface area (Å²) in [5, 5.41) is 6.27. The lowest BCUT2D eigenvalue weighted by molar-refractivity contribution is 0.627. The number of hydrogen-bond donors (Lipinski definition) is 2. The third-order valence-corrected chi connectivity index (χ3v) is 4.27. The molecule has 3 aromatic rings. The summed E-state index contributed by atoms with van der Waals surface area (Å²) in [7, 11) is 3.81. The third kappa shape index (κ3) is 3.40. The van der Waals surface area contributed by atoms with E-state index in [1.165, 1.54) is 23.3 Å². The van der Waals surface area contributed by atoms with Gasteiger partial charge in [0.25, 0.3) is 0 Å². The molecule has 3 heteroatoms. The molecule has 3 aromatic carbocycles. The Labute approximate surface area is 142 Å². The van der Waals surface area contributed by atoms with Gasteiger partial charge in [0.05, 0.1) is 0 Å². The van der Waals surface area contributed by atoms with Gasteiger partial charge in [-0.15, -0.1) is 0 Å². The maximum absolute atomic E-state index is 13.3. The molecule has 0 unspecified atom stereocenters. The molecule has 0 fully saturated rings. The van der Waals surface area contributed by atoms with Gasteiger partial charge in [0.2, 0.25) is 0 Å². The highest BCUT2D eigenvalue weighted by atomic mass is 19.1. The fraction of sp³-hybridized carbons (Fsp3) is 0.143. The number of nitrogens with one attached hydrogen (secondary N) is 2. The first-order valence-electron chi connectivity index (χ1n) is 8.02. The van der Waals surface area contributed by atoms with Crippen LogP contribution >= 0.6 is 0 Å². The predicted molar refractivity (Wildman–Crippen MR) is 99.3 cm³/mol. The molecule has 0 saturated carbocycles. The number of hydrogen-bond acceptors (Lipinski definition) is 2. The number of benzene rings is 3. The summed E-state index contributed by atoms with van der Waals surface area (Å²) in [6.07, 6.45) is 0. The van der Waals surface area contributed by atoms with Crippen LogP contribution in [0.2, 0.25) is 0 Å². The van der Waals surface area contributed by atoms with Gasteiger partial charge in [0.1, 0.15) is 5.82 Å². The van der Waals surface area contributed by atoms with Crippen LogP contribution in [-0.2, 0) is 0 Å². The molecule has 0 atom stereocenters. The largest absolute Gasteiger partial charge is 0.388 e. The quantitative estimate of drug-likeness (QED) is 0.640. The highest BCUT2D eigenvalue weighted by Crippen LogP contribution is 2.33. The van der Waals surface area contributed by atoms with E-state index in [4.69, 9.17) is 0 Å². The smallest absolute Gasteiger partial charge is 0.123 e. The Balaban J connectivity index is 2.06.